The van der Waals surface area contributed by atoms with Crippen molar-refractivity contribution in [1.82, 2.24) is 10.3 Å². The minimum absolute atomic E-state index is 0.691. The van der Waals surface area contributed by atoms with Gasteiger partial charge in [-0.15, -0.1) is 0 Å². The monoisotopic (exact) mass is 279 g/mol. The fraction of sp³-hybridized carbons (Fsp3) is 0.688. The normalized spacial score (nSPS) is 12.4. The first-order chi connectivity index (χ1) is 9.58. The van der Waals surface area contributed by atoms with Crippen molar-refractivity contribution in [3.63, 3.8) is 0 Å². The van der Waals surface area contributed by atoms with Crippen molar-refractivity contribution in [2.24, 2.45) is 5.92 Å². The van der Waals surface area contributed by atoms with E-state index < -0.39 is 0 Å². The van der Waals surface area contributed by atoms with Crippen LogP contribution in [0.3, 0.4) is 0 Å². The number of aryl methyl sites for hydroxylation is 1. The molecule has 0 saturated heterocycles. The van der Waals surface area contributed by atoms with Gasteiger partial charge in [0.05, 0.1) is 6.61 Å². The lowest BCUT2D eigenvalue weighted by molar-refractivity contribution is 0.199. The Morgan fingerprint density at radius 2 is 2.20 bits per heavy atom. The lowest BCUT2D eigenvalue weighted by atomic mass is 10.1. The van der Waals surface area contributed by atoms with Gasteiger partial charge in [-0.25, -0.2) is 4.98 Å². The highest BCUT2D eigenvalue weighted by atomic mass is 16.5. The highest BCUT2D eigenvalue weighted by molar-refractivity contribution is 5.46. The summed E-state index contributed by atoms with van der Waals surface area (Å²) in [4.78, 5) is 6.87. The Morgan fingerprint density at radius 1 is 1.45 bits per heavy atom. The van der Waals surface area contributed by atoms with Crippen molar-refractivity contribution in [2.45, 2.75) is 33.7 Å². The van der Waals surface area contributed by atoms with Crippen LogP contribution in [0.2, 0.25) is 0 Å². The quantitative estimate of drug-likeness (QED) is 0.705. The van der Waals surface area contributed by atoms with Crippen molar-refractivity contribution in [3.05, 3.63) is 23.4 Å². The lowest BCUT2D eigenvalue weighted by Gasteiger charge is -2.23. The zero-order valence-electron chi connectivity index (χ0n) is 13.6. The second-order valence-electron chi connectivity index (χ2n) is 5.55. The van der Waals surface area contributed by atoms with Crippen molar-refractivity contribution in [3.8, 4) is 0 Å². The number of hydrogen-bond acceptors (Lipinski definition) is 4. The summed E-state index contributed by atoms with van der Waals surface area (Å²) in [5.74, 6) is 1.78. The number of aromatic nitrogens is 1. The number of anilines is 1. The van der Waals surface area contributed by atoms with E-state index in [2.05, 4.69) is 49.1 Å². The van der Waals surface area contributed by atoms with E-state index in [-0.39, 0.29) is 0 Å². The number of nitrogens with zero attached hydrogens (tertiary/aromatic N) is 2. The number of nitrogens with one attached hydrogen (secondary N) is 1. The molecule has 0 amide bonds. The third-order valence-corrected chi connectivity index (χ3v) is 3.56. The van der Waals surface area contributed by atoms with Crippen molar-refractivity contribution in [2.75, 3.05) is 38.8 Å². The molecule has 4 heteroatoms. The number of pyridine rings is 1. The molecular formula is C16H29N3O. The number of methoxy groups -OCH3 is 1. The Bertz CT molecular complexity index is 395. The van der Waals surface area contributed by atoms with Crippen LogP contribution in [0.4, 0.5) is 5.82 Å². The van der Waals surface area contributed by atoms with Gasteiger partial charge < -0.3 is 15.0 Å². The SMILES string of the molecule is CCC(C)CN(C)c1ncc(CNCCOC)cc1C. The van der Waals surface area contributed by atoms with Crippen molar-refractivity contribution >= 4 is 5.82 Å². The molecule has 0 aromatic carbocycles. The minimum atomic E-state index is 0.691. The van der Waals surface area contributed by atoms with E-state index in [0.29, 0.717) is 5.92 Å². The van der Waals surface area contributed by atoms with Crippen LogP contribution >= 0.6 is 0 Å². The Morgan fingerprint density at radius 3 is 2.80 bits per heavy atom. The molecule has 0 aliphatic carbocycles. The van der Waals surface area contributed by atoms with Gasteiger partial charge in [0, 0.05) is 40.0 Å². The predicted octanol–water partition coefficient (Wildman–Crippen LogP) is 2.61. The summed E-state index contributed by atoms with van der Waals surface area (Å²) in [6, 6.07) is 2.22. The predicted molar refractivity (Wildman–Crippen MR) is 85.3 cm³/mol. The van der Waals surface area contributed by atoms with E-state index in [1.54, 1.807) is 7.11 Å². The Kier molecular flexibility index (Phi) is 7.55. The van der Waals surface area contributed by atoms with Gasteiger partial charge in [-0.1, -0.05) is 20.3 Å². The summed E-state index contributed by atoms with van der Waals surface area (Å²) in [6.07, 6.45) is 3.17. The van der Waals surface area contributed by atoms with Gasteiger partial charge in [-0.05, 0) is 30.0 Å². The van der Waals surface area contributed by atoms with Crippen LogP contribution in [0, 0.1) is 12.8 Å². The maximum absolute atomic E-state index is 5.02. The topological polar surface area (TPSA) is 37.4 Å². The van der Waals surface area contributed by atoms with Crippen LogP contribution in [0.1, 0.15) is 31.4 Å². The van der Waals surface area contributed by atoms with Crippen LogP contribution < -0.4 is 10.2 Å². The average Bonchev–Trinajstić information content (AvgIpc) is 2.43. The first-order valence-electron chi connectivity index (χ1n) is 7.44. The van der Waals surface area contributed by atoms with Crippen molar-refractivity contribution in [1.29, 1.82) is 0 Å². The molecule has 1 N–H and O–H groups in total. The van der Waals surface area contributed by atoms with Gasteiger partial charge in [0.15, 0.2) is 0 Å². The van der Waals surface area contributed by atoms with Gasteiger partial charge >= 0.3 is 0 Å². The third kappa shape index (κ3) is 5.47. The molecule has 1 heterocycles. The van der Waals surface area contributed by atoms with E-state index in [9.17, 15) is 0 Å². The fourth-order valence-electron chi connectivity index (χ4n) is 2.21. The van der Waals surface area contributed by atoms with E-state index in [1.807, 2.05) is 6.20 Å². The number of rotatable bonds is 9. The van der Waals surface area contributed by atoms with E-state index in [0.717, 1.165) is 32.1 Å². The number of hydrogen-bond donors (Lipinski definition) is 1. The summed E-state index contributed by atoms with van der Waals surface area (Å²) < 4.78 is 5.02. The molecule has 1 aromatic rings. The fourth-order valence-corrected chi connectivity index (χ4v) is 2.21. The van der Waals surface area contributed by atoms with E-state index in [1.165, 1.54) is 17.5 Å². The van der Waals surface area contributed by atoms with Crippen LogP contribution in [-0.4, -0.2) is 38.8 Å². The first kappa shape index (κ1) is 16.9. The molecule has 0 saturated carbocycles. The molecule has 0 aliphatic heterocycles. The maximum atomic E-state index is 5.02. The highest BCUT2D eigenvalue weighted by Crippen LogP contribution is 2.18. The molecule has 114 valence electrons. The van der Waals surface area contributed by atoms with Crippen LogP contribution in [0.25, 0.3) is 0 Å². The summed E-state index contributed by atoms with van der Waals surface area (Å²) in [6.45, 7) is 10.1. The average molecular weight is 279 g/mol. The molecule has 0 aliphatic rings. The molecule has 4 nitrogen and oxygen atoms in total. The summed E-state index contributed by atoms with van der Waals surface area (Å²) in [5, 5.41) is 3.34. The number of ether oxygens (including phenoxy) is 1. The molecule has 1 atom stereocenters. The largest absolute Gasteiger partial charge is 0.383 e. The molecule has 0 fully saturated rings. The molecule has 1 unspecified atom stereocenters. The Hall–Kier alpha value is -1.13. The molecule has 20 heavy (non-hydrogen) atoms. The van der Waals surface area contributed by atoms with E-state index >= 15 is 0 Å². The third-order valence-electron chi connectivity index (χ3n) is 3.56. The Balaban J connectivity index is 2.58. The standard InChI is InChI=1S/C16H29N3O/c1-6-13(2)12-19(4)16-14(3)9-15(11-18-16)10-17-7-8-20-5/h9,11,13,17H,6-8,10,12H2,1-5H3. The summed E-state index contributed by atoms with van der Waals surface area (Å²) in [7, 11) is 3.84. The molecule has 1 rings (SSSR count). The highest BCUT2D eigenvalue weighted by Gasteiger charge is 2.10. The van der Waals surface area contributed by atoms with Gasteiger partial charge in [0.25, 0.3) is 0 Å². The molecule has 0 bridgehead atoms. The van der Waals surface area contributed by atoms with Crippen LogP contribution in [-0.2, 0) is 11.3 Å². The molecule has 0 spiro atoms. The lowest BCUT2D eigenvalue weighted by Crippen LogP contribution is -2.25. The Labute approximate surface area is 123 Å². The molecule has 1 aromatic heterocycles. The molecule has 0 radical (unpaired) electrons. The minimum Gasteiger partial charge on any atom is -0.383 e. The van der Waals surface area contributed by atoms with E-state index in [4.69, 9.17) is 4.74 Å². The molecular weight excluding hydrogens is 250 g/mol. The second kappa shape index (κ2) is 8.93. The van der Waals surface area contributed by atoms with Gasteiger partial charge in [-0.2, -0.15) is 0 Å². The van der Waals surface area contributed by atoms with Crippen molar-refractivity contribution < 1.29 is 4.74 Å². The van der Waals surface area contributed by atoms with Crippen LogP contribution in [0.5, 0.6) is 0 Å². The zero-order chi connectivity index (χ0) is 15.0. The maximum Gasteiger partial charge on any atom is 0.131 e. The van der Waals surface area contributed by atoms with Gasteiger partial charge in [-0.3, -0.25) is 0 Å². The second-order valence-corrected chi connectivity index (χ2v) is 5.55. The van der Waals surface area contributed by atoms with Gasteiger partial charge in [0.1, 0.15) is 5.82 Å². The first-order valence-corrected chi connectivity index (χ1v) is 7.44. The smallest absolute Gasteiger partial charge is 0.131 e. The zero-order valence-corrected chi connectivity index (χ0v) is 13.6. The summed E-state index contributed by atoms with van der Waals surface area (Å²) >= 11 is 0. The van der Waals surface area contributed by atoms with Gasteiger partial charge in [0.2, 0.25) is 0 Å². The summed E-state index contributed by atoms with van der Waals surface area (Å²) in [5.41, 5.74) is 2.46. The van der Waals surface area contributed by atoms with Crippen LogP contribution in [0.15, 0.2) is 12.3 Å².